The number of pyridine rings is 1. The summed E-state index contributed by atoms with van der Waals surface area (Å²) in [7, 11) is 1.67. The molecule has 186 valence electrons. The highest BCUT2D eigenvalue weighted by molar-refractivity contribution is 5.66. The van der Waals surface area contributed by atoms with Crippen LogP contribution in [0.15, 0.2) is 54.6 Å². The van der Waals surface area contributed by atoms with Crippen LogP contribution < -0.4 is 18.9 Å². The Kier molecular flexibility index (Phi) is 6.34. The number of hydrogen-bond donors (Lipinski definition) is 0. The first-order valence-electron chi connectivity index (χ1n) is 12.5. The smallest absolute Gasteiger partial charge is 0.162 e. The summed E-state index contributed by atoms with van der Waals surface area (Å²) < 4.78 is 25.0. The lowest BCUT2D eigenvalue weighted by atomic mass is 10.1. The fourth-order valence-corrected chi connectivity index (χ4v) is 4.86. The van der Waals surface area contributed by atoms with E-state index in [1.165, 1.54) is 12.8 Å². The van der Waals surface area contributed by atoms with E-state index in [1.54, 1.807) is 7.11 Å². The fraction of sp³-hybridized carbons (Fsp3) is 0.357. The molecular formula is C28H30N4O4. The summed E-state index contributed by atoms with van der Waals surface area (Å²) in [5.41, 5.74) is 3.82. The molecule has 6 rings (SSSR count). The van der Waals surface area contributed by atoms with Crippen LogP contribution in [0, 0.1) is 0 Å². The molecule has 8 heteroatoms. The highest BCUT2D eigenvalue weighted by Crippen LogP contribution is 2.34. The first kappa shape index (κ1) is 22.7. The molecule has 0 amide bonds. The number of likely N-dealkylation sites (tertiary alicyclic amines) is 1. The third-order valence-electron chi connectivity index (χ3n) is 6.70. The maximum Gasteiger partial charge on any atom is 0.162 e. The lowest BCUT2D eigenvalue weighted by Crippen LogP contribution is -2.25. The van der Waals surface area contributed by atoms with E-state index in [-0.39, 0.29) is 0 Å². The van der Waals surface area contributed by atoms with Crippen molar-refractivity contribution in [3.63, 3.8) is 0 Å². The van der Waals surface area contributed by atoms with E-state index >= 15 is 0 Å². The van der Waals surface area contributed by atoms with Crippen LogP contribution in [0.1, 0.15) is 24.2 Å². The summed E-state index contributed by atoms with van der Waals surface area (Å²) in [5, 5.41) is 4.84. The summed E-state index contributed by atoms with van der Waals surface area (Å²) in [6, 6.07) is 18.0. The minimum Gasteiger partial charge on any atom is -0.493 e. The fourth-order valence-electron chi connectivity index (χ4n) is 4.86. The second-order valence-electron chi connectivity index (χ2n) is 9.13. The average Bonchev–Trinajstić information content (AvgIpc) is 3.58. The number of aromatic nitrogens is 3. The molecule has 2 aliphatic heterocycles. The molecule has 36 heavy (non-hydrogen) atoms. The summed E-state index contributed by atoms with van der Waals surface area (Å²) in [6.45, 7) is 5.03. The second kappa shape index (κ2) is 10.1. The summed E-state index contributed by atoms with van der Waals surface area (Å²) in [6.07, 6.45) is 3.15. The summed E-state index contributed by atoms with van der Waals surface area (Å²) >= 11 is 0. The zero-order valence-corrected chi connectivity index (χ0v) is 20.5. The van der Waals surface area contributed by atoms with E-state index in [2.05, 4.69) is 4.90 Å². The monoisotopic (exact) mass is 486 g/mol. The van der Waals surface area contributed by atoms with E-state index < -0.39 is 0 Å². The van der Waals surface area contributed by atoms with Crippen LogP contribution in [-0.2, 0) is 6.42 Å². The van der Waals surface area contributed by atoms with Gasteiger partial charge in [0.2, 0.25) is 0 Å². The number of rotatable bonds is 8. The van der Waals surface area contributed by atoms with Crippen molar-refractivity contribution >= 4 is 5.65 Å². The molecule has 2 aliphatic rings. The topological polar surface area (TPSA) is 70.3 Å². The molecule has 0 saturated carbocycles. The molecule has 0 bridgehead atoms. The van der Waals surface area contributed by atoms with Gasteiger partial charge in [-0.25, -0.2) is 9.50 Å². The molecule has 0 radical (unpaired) electrons. The van der Waals surface area contributed by atoms with Gasteiger partial charge in [-0.1, -0.05) is 12.1 Å². The highest BCUT2D eigenvalue weighted by atomic mass is 16.6. The second-order valence-corrected chi connectivity index (χ2v) is 9.13. The van der Waals surface area contributed by atoms with Crippen LogP contribution in [-0.4, -0.2) is 66.1 Å². The molecular weight excluding hydrogens is 456 g/mol. The van der Waals surface area contributed by atoms with Crippen molar-refractivity contribution in [3.05, 3.63) is 66.0 Å². The van der Waals surface area contributed by atoms with Crippen LogP contribution in [0.25, 0.3) is 16.9 Å². The molecule has 0 unspecified atom stereocenters. The quantitative estimate of drug-likeness (QED) is 0.369. The summed E-state index contributed by atoms with van der Waals surface area (Å²) in [4.78, 5) is 7.23. The number of hydrogen-bond acceptors (Lipinski definition) is 7. The SMILES string of the molecule is COc1ccc(Cc2nc3cccc(-c4ccc5c(c4)OCCO5)n3n2)cc1OCCN1CCCC1. The predicted molar refractivity (Wildman–Crippen MR) is 136 cm³/mol. The van der Waals surface area contributed by atoms with E-state index in [1.807, 2.05) is 59.1 Å². The first-order chi connectivity index (χ1) is 17.8. The molecule has 4 aromatic rings. The average molecular weight is 487 g/mol. The molecule has 1 fully saturated rings. The molecule has 2 aromatic heterocycles. The minimum absolute atomic E-state index is 0.556. The van der Waals surface area contributed by atoms with Crippen LogP contribution in [0.4, 0.5) is 0 Å². The van der Waals surface area contributed by atoms with Gasteiger partial charge in [0.15, 0.2) is 34.5 Å². The van der Waals surface area contributed by atoms with Gasteiger partial charge in [-0.15, -0.1) is 0 Å². The Labute approximate surface area is 210 Å². The largest absolute Gasteiger partial charge is 0.493 e. The molecule has 0 atom stereocenters. The van der Waals surface area contributed by atoms with Crippen molar-refractivity contribution in [2.75, 3.05) is 46.6 Å². The maximum absolute atomic E-state index is 6.11. The third-order valence-corrected chi connectivity index (χ3v) is 6.70. The van der Waals surface area contributed by atoms with E-state index in [4.69, 9.17) is 29.0 Å². The maximum atomic E-state index is 6.11. The van der Waals surface area contributed by atoms with Crippen molar-refractivity contribution in [1.82, 2.24) is 19.5 Å². The van der Waals surface area contributed by atoms with Gasteiger partial charge in [0.25, 0.3) is 0 Å². The van der Waals surface area contributed by atoms with Gasteiger partial charge >= 0.3 is 0 Å². The molecule has 8 nitrogen and oxygen atoms in total. The van der Waals surface area contributed by atoms with Crippen LogP contribution in [0.2, 0.25) is 0 Å². The Hall–Kier alpha value is -3.78. The Balaban J connectivity index is 1.23. The van der Waals surface area contributed by atoms with E-state index in [0.717, 1.165) is 70.9 Å². The Morgan fingerprint density at radius 3 is 2.64 bits per heavy atom. The Morgan fingerprint density at radius 1 is 0.917 bits per heavy atom. The van der Waals surface area contributed by atoms with Gasteiger partial charge in [0.1, 0.15) is 19.8 Å². The zero-order chi connectivity index (χ0) is 24.3. The number of fused-ring (bicyclic) bond motifs is 2. The van der Waals surface area contributed by atoms with Crippen molar-refractivity contribution in [2.45, 2.75) is 19.3 Å². The lowest BCUT2D eigenvalue weighted by molar-refractivity contribution is 0.171. The van der Waals surface area contributed by atoms with Gasteiger partial charge in [-0.2, -0.15) is 5.10 Å². The van der Waals surface area contributed by atoms with Gasteiger partial charge < -0.3 is 18.9 Å². The Bertz CT molecular complexity index is 1360. The van der Waals surface area contributed by atoms with Gasteiger partial charge in [-0.05, 0) is 74.0 Å². The summed E-state index contributed by atoms with van der Waals surface area (Å²) in [5.74, 6) is 3.77. The molecule has 1 saturated heterocycles. The van der Waals surface area contributed by atoms with Crippen molar-refractivity contribution < 1.29 is 18.9 Å². The zero-order valence-electron chi connectivity index (χ0n) is 20.5. The molecule has 0 N–H and O–H groups in total. The van der Waals surface area contributed by atoms with Crippen LogP contribution >= 0.6 is 0 Å². The van der Waals surface area contributed by atoms with Crippen molar-refractivity contribution in [2.24, 2.45) is 0 Å². The molecule has 0 aliphatic carbocycles. The van der Waals surface area contributed by atoms with Gasteiger partial charge in [0.05, 0.1) is 12.8 Å². The van der Waals surface area contributed by atoms with Gasteiger partial charge in [-0.3, -0.25) is 4.90 Å². The third kappa shape index (κ3) is 4.68. The molecule has 4 heterocycles. The van der Waals surface area contributed by atoms with Crippen LogP contribution in [0.3, 0.4) is 0 Å². The molecule has 2 aromatic carbocycles. The predicted octanol–water partition coefficient (Wildman–Crippen LogP) is 4.24. The number of methoxy groups -OCH3 is 1. The Morgan fingerprint density at radius 2 is 1.78 bits per heavy atom. The lowest BCUT2D eigenvalue weighted by Gasteiger charge is -2.19. The molecule has 0 spiro atoms. The highest BCUT2D eigenvalue weighted by Gasteiger charge is 2.16. The van der Waals surface area contributed by atoms with E-state index in [9.17, 15) is 0 Å². The first-order valence-corrected chi connectivity index (χ1v) is 12.5. The van der Waals surface area contributed by atoms with Crippen LogP contribution in [0.5, 0.6) is 23.0 Å². The normalized spacial score (nSPS) is 15.4. The van der Waals surface area contributed by atoms with Crippen molar-refractivity contribution in [3.8, 4) is 34.3 Å². The van der Waals surface area contributed by atoms with E-state index in [0.29, 0.717) is 26.2 Å². The van der Waals surface area contributed by atoms with Gasteiger partial charge in [0, 0.05) is 18.5 Å². The number of ether oxygens (including phenoxy) is 4. The number of nitrogens with zero attached hydrogens (tertiary/aromatic N) is 4. The number of benzene rings is 2. The standard InChI is InChI=1S/C28H30N4O4/c1-33-23-9-7-20(17-25(23)34-14-13-31-11-2-3-12-31)18-27-29-28-6-4-5-22(32(28)30-27)21-8-10-24-26(19-21)36-16-15-35-24/h4-10,17,19H,2-3,11-16,18H2,1H3. The minimum atomic E-state index is 0.556. The van der Waals surface area contributed by atoms with Crippen molar-refractivity contribution in [1.29, 1.82) is 0 Å².